The van der Waals surface area contributed by atoms with Gasteiger partial charge in [0.15, 0.2) is 0 Å². The minimum absolute atomic E-state index is 0.177. The van der Waals surface area contributed by atoms with Gasteiger partial charge >= 0.3 is 7.60 Å². The topological polar surface area (TPSA) is 35.5 Å². The van der Waals surface area contributed by atoms with Gasteiger partial charge < -0.3 is 9.05 Å². The molecule has 3 nitrogen and oxygen atoms in total. The normalized spacial score (nSPS) is 13.6. The van der Waals surface area contributed by atoms with Gasteiger partial charge in [-0.05, 0) is 25.8 Å². The van der Waals surface area contributed by atoms with E-state index in [2.05, 4.69) is 0 Å². The van der Waals surface area contributed by atoms with Crippen LogP contribution >= 0.6 is 7.60 Å². The van der Waals surface area contributed by atoms with Crippen molar-refractivity contribution >= 4 is 7.60 Å². The van der Waals surface area contributed by atoms with Crippen LogP contribution in [0.1, 0.15) is 38.4 Å². The molecule has 1 aromatic carbocycles. The van der Waals surface area contributed by atoms with Crippen molar-refractivity contribution in [1.82, 2.24) is 0 Å². The van der Waals surface area contributed by atoms with Crippen LogP contribution in [0.3, 0.4) is 0 Å². The predicted molar refractivity (Wildman–Crippen MR) is 70.3 cm³/mol. The molecule has 0 aliphatic heterocycles. The summed E-state index contributed by atoms with van der Waals surface area (Å²) in [6.45, 7) is 6.48. The Labute approximate surface area is 104 Å². The van der Waals surface area contributed by atoms with Crippen LogP contribution in [0.15, 0.2) is 30.3 Å². The molecule has 17 heavy (non-hydrogen) atoms. The molecule has 0 radical (unpaired) electrons. The van der Waals surface area contributed by atoms with Gasteiger partial charge in [0.25, 0.3) is 0 Å². The molecular formula is C13H21O3P. The van der Waals surface area contributed by atoms with Gasteiger partial charge in [-0.1, -0.05) is 37.3 Å². The number of hydrogen-bond acceptors (Lipinski definition) is 3. The van der Waals surface area contributed by atoms with E-state index in [-0.39, 0.29) is 5.66 Å². The summed E-state index contributed by atoms with van der Waals surface area (Å²) in [5.74, 6) is 0. The monoisotopic (exact) mass is 256 g/mol. The maximum Gasteiger partial charge on any atom is 0.338 e. The van der Waals surface area contributed by atoms with Crippen molar-refractivity contribution < 1.29 is 13.6 Å². The molecule has 0 fully saturated rings. The van der Waals surface area contributed by atoms with E-state index in [0.717, 1.165) is 12.0 Å². The summed E-state index contributed by atoms with van der Waals surface area (Å²) in [6, 6.07) is 9.78. The number of hydrogen-bond donors (Lipinski definition) is 0. The van der Waals surface area contributed by atoms with Crippen LogP contribution in [-0.2, 0) is 13.6 Å². The standard InChI is InChI=1S/C13H21O3P/c1-4-13(12-10-8-7-9-11-12)17(14,15-5-2)16-6-3/h7-11,13H,4-6H2,1-3H3. The van der Waals surface area contributed by atoms with Gasteiger partial charge in [-0.25, -0.2) is 0 Å². The Morgan fingerprint density at radius 3 is 2.00 bits per heavy atom. The van der Waals surface area contributed by atoms with E-state index in [1.807, 2.05) is 51.1 Å². The molecule has 0 aromatic heterocycles. The van der Waals surface area contributed by atoms with Crippen LogP contribution in [0.5, 0.6) is 0 Å². The Bertz CT molecular complexity index is 354. The second kappa shape index (κ2) is 6.95. The first-order chi connectivity index (χ1) is 8.18. The smallest absolute Gasteiger partial charge is 0.308 e. The quantitative estimate of drug-likeness (QED) is 0.678. The zero-order valence-electron chi connectivity index (χ0n) is 10.8. The highest BCUT2D eigenvalue weighted by Gasteiger charge is 2.35. The van der Waals surface area contributed by atoms with E-state index in [1.165, 1.54) is 0 Å². The molecule has 1 unspecified atom stereocenters. The van der Waals surface area contributed by atoms with Crippen molar-refractivity contribution in [3.05, 3.63) is 35.9 Å². The van der Waals surface area contributed by atoms with Crippen molar-refractivity contribution in [2.24, 2.45) is 0 Å². The number of benzene rings is 1. The van der Waals surface area contributed by atoms with E-state index >= 15 is 0 Å². The summed E-state index contributed by atoms with van der Waals surface area (Å²) in [5.41, 5.74) is 0.837. The van der Waals surface area contributed by atoms with Gasteiger partial charge in [-0.2, -0.15) is 0 Å². The molecule has 1 atom stereocenters. The van der Waals surface area contributed by atoms with Gasteiger partial charge in [-0.15, -0.1) is 0 Å². The van der Waals surface area contributed by atoms with Crippen LogP contribution in [0.25, 0.3) is 0 Å². The highest BCUT2D eigenvalue weighted by Crippen LogP contribution is 2.62. The molecule has 0 saturated carbocycles. The molecule has 0 N–H and O–H groups in total. The summed E-state index contributed by atoms with van der Waals surface area (Å²) in [5, 5.41) is 0. The van der Waals surface area contributed by atoms with Crippen LogP contribution in [0.2, 0.25) is 0 Å². The first kappa shape index (κ1) is 14.4. The second-order valence-corrected chi connectivity index (χ2v) is 5.93. The fraction of sp³-hybridized carbons (Fsp3) is 0.538. The van der Waals surface area contributed by atoms with Crippen LogP contribution in [-0.4, -0.2) is 13.2 Å². The Kier molecular flexibility index (Phi) is 5.90. The van der Waals surface area contributed by atoms with Crippen LogP contribution < -0.4 is 0 Å². The largest absolute Gasteiger partial charge is 0.338 e. The van der Waals surface area contributed by atoms with Crippen molar-refractivity contribution in [2.75, 3.05) is 13.2 Å². The van der Waals surface area contributed by atoms with E-state index < -0.39 is 7.60 Å². The molecule has 0 bridgehead atoms. The van der Waals surface area contributed by atoms with E-state index in [0.29, 0.717) is 13.2 Å². The highest BCUT2D eigenvalue weighted by atomic mass is 31.2. The molecule has 4 heteroatoms. The van der Waals surface area contributed by atoms with Crippen molar-refractivity contribution in [2.45, 2.75) is 32.9 Å². The summed E-state index contributed by atoms with van der Waals surface area (Å²) in [7, 11) is -3.05. The molecule has 96 valence electrons. The fourth-order valence-corrected chi connectivity index (χ4v) is 4.03. The lowest BCUT2D eigenvalue weighted by Crippen LogP contribution is -2.06. The lowest BCUT2D eigenvalue weighted by atomic mass is 10.1. The Hall–Kier alpha value is -0.630. The highest BCUT2D eigenvalue weighted by molar-refractivity contribution is 7.54. The molecule has 0 saturated heterocycles. The molecule has 0 aliphatic carbocycles. The lowest BCUT2D eigenvalue weighted by Gasteiger charge is -2.25. The minimum atomic E-state index is -3.05. The number of rotatable bonds is 7. The minimum Gasteiger partial charge on any atom is -0.308 e. The van der Waals surface area contributed by atoms with Gasteiger partial charge in [0.1, 0.15) is 0 Å². The maximum atomic E-state index is 12.7. The summed E-state index contributed by atoms with van der Waals surface area (Å²) in [4.78, 5) is 0. The Balaban J connectivity index is 3.01. The summed E-state index contributed by atoms with van der Waals surface area (Å²) < 4.78 is 23.5. The van der Waals surface area contributed by atoms with E-state index in [1.54, 1.807) is 0 Å². The predicted octanol–water partition coefficient (Wildman–Crippen LogP) is 4.40. The van der Waals surface area contributed by atoms with Gasteiger partial charge in [0.05, 0.1) is 18.9 Å². The lowest BCUT2D eigenvalue weighted by molar-refractivity contribution is 0.211. The molecular weight excluding hydrogens is 235 g/mol. The zero-order valence-corrected chi connectivity index (χ0v) is 11.7. The van der Waals surface area contributed by atoms with Crippen molar-refractivity contribution in [1.29, 1.82) is 0 Å². The molecule has 0 heterocycles. The van der Waals surface area contributed by atoms with E-state index in [4.69, 9.17) is 9.05 Å². The third kappa shape index (κ3) is 3.67. The van der Waals surface area contributed by atoms with Crippen LogP contribution in [0.4, 0.5) is 0 Å². The zero-order chi connectivity index (χ0) is 12.7. The Morgan fingerprint density at radius 2 is 1.59 bits per heavy atom. The fourth-order valence-electron chi connectivity index (χ4n) is 1.89. The average molecular weight is 256 g/mol. The second-order valence-electron chi connectivity index (χ2n) is 3.71. The molecule has 1 aromatic rings. The first-order valence-electron chi connectivity index (χ1n) is 6.11. The third-order valence-electron chi connectivity index (χ3n) is 2.57. The third-order valence-corrected chi connectivity index (χ3v) is 5.23. The van der Waals surface area contributed by atoms with Crippen molar-refractivity contribution in [3.63, 3.8) is 0 Å². The maximum absolute atomic E-state index is 12.7. The molecule has 0 amide bonds. The van der Waals surface area contributed by atoms with Gasteiger partial charge in [0, 0.05) is 0 Å². The van der Waals surface area contributed by atoms with Gasteiger partial charge in [0.2, 0.25) is 0 Å². The SMILES string of the molecule is CCOP(=O)(OCC)C(CC)c1ccccc1. The molecule has 0 spiro atoms. The van der Waals surface area contributed by atoms with E-state index in [9.17, 15) is 4.57 Å². The summed E-state index contributed by atoms with van der Waals surface area (Å²) >= 11 is 0. The van der Waals surface area contributed by atoms with Crippen LogP contribution in [0, 0.1) is 0 Å². The molecule has 1 rings (SSSR count). The van der Waals surface area contributed by atoms with Crippen molar-refractivity contribution in [3.8, 4) is 0 Å². The Morgan fingerprint density at radius 1 is 1.06 bits per heavy atom. The summed E-state index contributed by atoms with van der Waals surface area (Å²) in [6.07, 6.45) is 0.737. The first-order valence-corrected chi connectivity index (χ1v) is 7.72. The molecule has 0 aliphatic rings. The average Bonchev–Trinajstić information content (AvgIpc) is 2.31. The van der Waals surface area contributed by atoms with Gasteiger partial charge in [-0.3, -0.25) is 4.57 Å².